The van der Waals surface area contributed by atoms with E-state index >= 15 is 0 Å². The Morgan fingerprint density at radius 3 is 2.95 bits per heavy atom. The molecule has 0 bridgehead atoms. The number of hydrogen-bond acceptors (Lipinski definition) is 2. The Morgan fingerprint density at radius 2 is 2.16 bits per heavy atom. The minimum atomic E-state index is 0.216. The SMILES string of the molecule is CNCC1(Cc2ccoc2)CCCc2ccccc21. The van der Waals surface area contributed by atoms with Crippen molar-refractivity contribution < 1.29 is 4.42 Å². The molecule has 1 atom stereocenters. The molecular weight excluding hydrogens is 234 g/mol. The molecule has 0 aliphatic heterocycles. The third kappa shape index (κ3) is 2.33. The summed E-state index contributed by atoms with van der Waals surface area (Å²) in [6, 6.07) is 11.0. The molecule has 100 valence electrons. The molecule has 1 aromatic heterocycles. The van der Waals surface area contributed by atoms with Crippen LogP contribution >= 0.6 is 0 Å². The number of aryl methyl sites for hydroxylation is 1. The van der Waals surface area contributed by atoms with Gasteiger partial charge in [0, 0.05) is 12.0 Å². The largest absolute Gasteiger partial charge is 0.472 e. The van der Waals surface area contributed by atoms with Gasteiger partial charge in [-0.05, 0) is 55.5 Å². The Bertz CT molecular complexity index is 532. The van der Waals surface area contributed by atoms with Crippen molar-refractivity contribution >= 4 is 0 Å². The van der Waals surface area contributed by atoms with Gasteiger partial charge in [0.05, 0.1) is 12.5 Å². The fourth-order valence-electron chi connectivity index (χ4n) is 3.56. The lowest BCUT2D eigenvalue weighted by Crippen LogP contribution is -2.41. The molecule has 0 radical (unpaired) electrons. The number of nitrogens with one attached hydrogen (secondary N) is 1. The van der Waals surface area contributed by atoms with Crippen molar-refractivity contribution in [2.45, 2.75) is 31.1 Å². The fourth-order valence-corrected chi connectivity index (χ4v) is 3.56. The van der Waals surface area contributed by atoms with Crippen LogP contribution in [0.2, 0.25) is 0 Å². The Balaban J connectivity index is 2.01. The minimum absolute atomic E-state index is 0.216. The summed E-state index contributed by atoms with van der Waals surface area (Å²) in [5.74, 6) is 0. The molecule has 0 saturated heterocycles. The number of hydrogen-bond donors (Lipinski definition) is 1. The van der Waals surface area contributed by atoms with Crippen molar-refractivity contribution in [2.24, 2.45) is 0 Å². The summed E-state index contributed by atoms with van der Waals surface area (Å²) < 4.78 is 5.25. The maximum atomic E-state index is 5.25. The van der Waals surface area contributed by atoms with Gasteiger partial charge in [-0.3, -0.25) is 0 Å². The van der Waals surface area contributed by atoms with Gasteiger partial charge in [-0.1, -0.05) is 24.3 Å². The van der Waals surface area contributed by atoms with E-state index in [4.69, 9.17) is 4.42 Å². The van der Waals surface area contributed by atoms with Crippen LogP contribution in [0.1, 0.15) is 29.5 Å². The summed E-state index contributed by atoms with van der Waals surface area (Å²) in [6.07, 6.45) is 8.45. The van der Waals surface area contributed by atoms with Gasteiger partial charge in [0.1, 0.15) is 0 Å². The van der Waals surface area contributed by atoms with E-state index in [0.717, 1.165) is 13.0 Å². The van der Waals surface area contributed by atoms with E-state index in [9.17, 15) is 0 Å². The number of benzene rings is 1. The van der Waals surface area contributed by atoms with Gasteiger partial charge < -0.3 is 9.73 Å². The van der Waals surface area contributed by atoms with Gasteiger partial charge in [0.2, 0.25) is 0 Å². The molecule has 0 saturated carbocycles. The fraction of sp³-hybridized carbons (Fsp3) is 0.412. The zero-order valence-electron chi connectivity index (χ0n) is 11.5. The Labute approximate surface area is 114 Å². The van der Waals surface area contributed by atoms with Crippen LogP contribution in [-0.2, 0) is 18.3 Å². The van der Waals surface area contributed by atoms with Gasteiger partial charge in [-0.2, -0.15) is 0 Å². The highest BCUT2D eigenvalue weighted by Crippen LogP contribution is 2.39. The maximum Gasteiger partial charge on any atom is 0.0934 e. The molecule has 1 heterocycles. The van der Waals surface area contributed by atoms with E-state index in [1.165, 1.54) is 36.0 Å². The number of likely N-dealkylation sites (N-methyl/N-ethyl adjacent to an activating group) is 1. The highest BCUT2D eigenvalue weighted by Gasteiger charge is 2.36. The summed E-state index contributed by atoms with van der Waals surface area (Å²) in [5, 5.41) is 3.40. The van der Waals surface area contributed by atoms with Gasteiger partial charge in [0.15, 0.2) is 0 Å². The lowest BCUT2D eigenvalue weighted by atomic mass is 9.67. The summed E-state index contributed by atoms with van der Waals surface area (Å²) in [7, 11) is 2.05. The summed E-state index contributed by atoms with van der Waals surface area (Å²) in [6.45, 7) is 1.02. The zero-order chi connectivity index (χ0) is 13.1. The normalized spacial score (nSPS) is 22.2. The van der Waals surface area contributed by atoms with Crippen molar-refractivity contribution in [1.29, 1.82) is 0 Å². The molecule has 2 nitrogen and oxygen atoms in total. The maximum absolute atomic E-state index is 5.25. The lowest BCUT2D eigenvalue weighted by Gasteiger charge is -2.39. The smallest absolute Gasteiger partial charge is 0.0934 e. The first-order chi connectivity index (χ1) is 9.34. The molecule has 3 rings (SSSR count). The Morgan fingerprint density at radius 1 is 1.26 bits per heavy atom. The zero-order valence-corrected chi connectivity index (χ0v) is 11.5. The van der Waals surface area contributed by atoms with E-state index in [2.05, 4.69) is 35.6 Å². The topological polar surface area (TPSA) is 25.2 Å². The van der Waals surface area contributed by atoms with Crippen molar-refractivity contribution in [3.63, 3.8) is 0 Å². The summed E-state index contributed by atoms with van der Waals surface area (Å²) in [5.41, 5.74) is 4.56. The lowest BCUT2D eigenvalue weighted by molar-refractivity contribution is 0.344. The molecule has 1 aliphatic carbocycles. The van der Waals surface area contributed by atoms with Crippen LogP contribution in [0.4, 0.5) is 0 Å². The van der Waals surface area contributed by atoms with E-state index in [-0.39, 0.29) is 5.41 Å². The Hall–Kier alpha value is -1.54. The second-order valence-corrected chi connectivity index (χ2v) is 5.63. The minimum Gasteiger partial charge on any atom is -0.472 e. The molecule has 0 fully saturated rings. The van der Waals surface area contributed by atoms with Crippen LogP contribution in [0.5, 0.6) is 0 Å². The van der Waals surface area contributed by atoms with Gasteiger partial charge >= 0.3 is 0 Å². The molecule has 0 amide bonds. The number of furan rings is 1. The predicted octanol–water partition coefficient (Wildman–Crippen LogP) is 3.32. The van der Waals surface area contributed by atoms with Crippen molar-refractivity contribution in [2.75, 3.05) is 13.6 Å². The van der Waals surface area contributed by atoms with E-state index in [0.29, 0.717) is 0 Å². The highest BCUT2D eigenvalue weighted by molar-refractivity contribution is 5.38. The second-order valence-electron chi connectivity index (χ2n) is 5.63. The first kappa shape index (κ1) is 12.5. The van der Waals surface area contributed by atoms with Crippen LogP contribution in [0.25, 0.3) is 0 Å². The molecule has 0 spiro atoms. The molecule has 1 unspecified atom stereocenters. The molecule has 19 heavy (non-hydrogen) atoms. The van der Waals surface area contributed by atoms with Crippen LogP contribution < -0.4 is 5.32 Å². The van der Waals surface area contributed by atoms with Crippen LogP contribution in [0, 0.1) is 0 Å². The molecule has 1 aliphatic rings. The molecule has 2 aromatic rings. The molecule has 2 heteroatoms. The summed E-state index contributed by atoms with van der Waals surface area (Å²) in [4.78, 5) is 0. The van der Waals surface area contributed by atoms with Gasteiger partial charge in [0.25, 0.3) is 0 Å². The van der Waals surface area contributed by atoms with Crippen LogP contribution in [0.3, 0.4) is 0 Å². The second kappa shape index (κ2) is 5.22. The number of rotatable bonds is 4. The summed E-state index contributed by atoms with van der Waals surface area (Å²) >= 11 is 0. The average Bonchev–Trinajstić information content (AvgIpc) is 2.92. The standard InChI is InChI=1S/C17H21NO/c1-18-13-17(11-14-8-10-19-12-14)9-4-6-15-5-2-3-7-16(15)17/h2-3,5,7-8,10,12,18H,4,6,9,11,13H2,1H3. The van der Waals surface area contributed by atoms with E-state index < -0.39 is 0 Å². The molecule has 1 aromatic carbocycles. The first-order valence-electron chi connectivity index (χ1n) is 7.08. The van der Waals surface area contributed by atoms with E-state index in [1.54, 1.807) is 6.26 Å². The highest BCUT2D eigenvalue weighted by atomic mass is 16.3. The van der Waals surface area contributed by atoms with Crippen LogP contribution in [-0.4, -0.2) is 13.6 Å². The third-order valence-electron chi connectivity index (χ3n) is 4.33. The monoisotopic (exact) mass is 255 g/mol. The van der Waals surface area contributed by atoms with Crippen molar-refractivity contribution in [3.8, 4) is 0 Å². The molecule has 1 N–H and O–H groups in total. The Kier molecular flexibility index (Phi) is 3.43. The first-order valence-corrected chi connectivity index (χ1v) is 7.08. The average molecular weight is 255 g/mol. The third-order valence-corrected chi connectivity index (χ3v) is 4.33. The predicted molar refractivity (Wildman–Crippen MR) is 77.4 cm³/mol. The van der Waals surface area contributed by atoms with Crippen LogP contribution in [0.15, 0.2) is 47.3 Å². The number of fused-ring (bicyclic) bond motifs is 1. The van der Waals surface area contributed by atoms with Crippen molar-refractivity contribution in [1.82, 2.24) is 5.32 Å². The molecular formula is C17H21NO. The quantitative estimate of drug-likeness (QED) is 0.906. The van der Waals surface area contributed by atoms with E-state index in [1.807, 2.05) is 13.3 Å². The van der Waals surface area contributed by atoms with Gasteiger partial charge in [-0.15, -0.1) is 0 Å². The van der Waals surface area contributed by atoms with Crippen molar-refractivity contribution in [3.05, 3.63) is 59.5 Å². The van der Waals surface area contributed by atoms with Gasteiger partial charge in [-0.25, -0.2) is 0 Å².